The molecule has 0 saturated carbocycles. The van der Waals surface area contributed by atoms with Gasteiger partial charge >= 0.3 is 5.97 Å². The van der Waals surface area contributed by atoms with E-state index in [0.717, 1.165) is 0 Å². The highest BCUT2D eigenvalue weighted by molar-refractivity contribution is 5.87. The van der Waals surface area contributed by atoms with E-state index < -0.39 is 5.97 Å². The lowest BCUT2D eigenvalue weighted by atomic mass is 10.4. The van der Waals surface area contributed by atoms with Crippen LogP contribution in [0.1, 0.15) is 29.3 Å². The van der Waals surface area contributed by atoms with Crippen LogP contribution < -0.4 is 0 Å². The Morgan fingerprint density at radius 2 is 2.54 bits per heavy atom. The molecule has 5 heteroatoms. The third kappa shape index (κ3) is 1.58. The minimum atomic E-state index is -0.460. The Morgan fingerprint density at radius 1 is 1.77 bits per heavy atom. The Bertz CT molecular complexity index is 350. The van der Waals surface area contributed by atoms with Gasteiger partial charge < -0.3 is 9.15 Å². The Balaban J connectivity index is 2.07. The van der Waals surface area contributed by atoms with Crippen LogP contribution in [-0.2, 0) is 4.74 Å². The van der Waals surface area contributed by atoms with Crippen LogP contribution in [0.3, 0.4) is 0 Å². The SMILES string of the molecule is CCOC(=O)c1coc(C2C=N2)n1. The molecule has 2 rings (SSSR count). The number of oxazole rings is 1. The van der Waals surface area contributed by atoms with Crippen LogP contribution in [0.2, 0.25) is 0 Å². The molecule has 0 aromatic carbocycles. The van der Waals surface area contributed by atoms with Gasteiger partial charge in [-0.05, 0) is 6.92 Å². The van der Waals surface area contributed by atoms with E-state index >= 15 is 0 Å². The topological polar surface area (TPSA) is 64.7 Å². The van der Waals surface area contributed by atoms with Crippen molar-refractivity contribution in [2.75, 3.05) is 6.61 Å². The molecule has 0 N–H and O–H groups in total. The van der Waals surface area contributed by atoms with E-state index in [2.05, 4.69) is 9.98 Å². The standard InChI is InChI=1S/C8H8N2O3/c1-2-12-8(11)6-4-13-7(10-6)5-3-9-5/h3-5H,2H2,1H3. The lowest BCUT2D eigenvalue weighted by Gasteiger charge is -1.94. The second kappa shape index (κ2) is 3.01. The van der Waals surface area contributed by atoms with Gasteiger partial charge in [-0.1, -0.05) is 0 Å². The number of esters is 1. The van der Waals surface area contributed by atoms with Gasteiger partial charge in [-0.2, -0.15) is 0 Å². The van der Waals surface area contributed by atoms with E-state index in [1.807, 2.05) is 0 Å². The number of nitrogens with zero attached hydrogens (tertiary/aromatic N) is 2. The molecular formula is C8H8N2O3. The number of hydrogen-bond donors (Lipinski definition) is 0. The number of aliphatic imine (C=N–C) groups is 1. The van der Waals surface area contributed by atoms with Crippen LogP contribution >= 0.6 is 0 Å². The maximum Gasteiger partial charge on any atom is 0.360 e. The zero-order valence-corrected chi connectivity index (χ0v) is 7.06. The minimum absolute atomic E-state index is 0.0665. The van der Waals surface area contributed by atoms with E-state index in [-0.39, 0.29) is 11.7 Å². The molecule has 2 heterocycles. The molecule has 1 aliphatic rings. The van der Waals surface area contributed by atoms with E-state index in [1.165, 1.54) is 6.26 Å². The first kappa shape index (κ1) is 7.97. The Hall–Kier alpha value is -1.65. The molecular weight excluding hydrogens is 172 g/mol. The number of carbonyl (C=O) groups is 1. The molecule has 0 spiro atoms. The summed E-state index contributed by atoms with van der Waals surface area (Å²) in [7, 11) is 0. The summed E-state index contributed by atoms with van der Waals surface area (Å²) in [4.78, 5) is 18.9. The van der Waals surface area contributed by atoms with Gasteiger partial charge in [0.15, 0.2) is 11.7 Å². The highest BCUT2D eigenvalue weighted by atomic mass is 16.5. The van der Waals surface area contributed by atoms with Crippen molar-refractivity contribution >= 4 is 12.2 Å². The zero-order valence-electron chi connectivity index (χ0n) is 7.06. The van der Waals surface area contributed by atoms with Gasteiger partial charge in [-0.15, -0.1) is 0 Å². The molecule has 1 unspecified atom stereocenters. The summed E-state index contributed by atoms with van der Waals surface area (Å²) < 4.78 is 9.76. The molecule has 0 saturated heterocycles. The normalized spacial score (nSPS) is 18.7. The predicted octanol–water partition coefficient (Wildman–Crippen LogP) is 0.977. The number of aromatic nitrogens is 1. The van der Waals surface area contributed by atoms with Crippen molar-refractivity contribution in [3.63, 3.8) is 0 Å². The fourth-order valence-electron chi connectivity index (χ4n) is 0.893. The molecule has 68 valence electrons. The summed E-state index contributed by atoms with van der Waals surface area (Å²) in [6.07, 6.45) is 2.98. The predicted molar refractivity (Wildman–Crippen MR) is 43.7 cm³/mol. The van der Waals surface area contributed by atoms with Crippen LogP contribution in [0.5, 0.6) is 0 Å². The molecule has 5 nitrogen and oxygen atoms in total. The molecule has 1 aromatic rings. The van der Waals surface area contributed by atoms with E-state index in [1.54, 1.807) is 13.1 Å². The number of rotatable bonds is 3. The first-order chi connectivity index (χ1) is 6.31. The van der Waals surface area contributed by atoms with Crippen LogP contribution in [0, 0.1) is 0 Å². The third-order valence-corrected chi connectivity index (χ3v) is 1.56. The van der Waals surface area contributed by atoms with E-state index in [9.17, 15) is 4.79 Å². The fourth-order valence-corrected chi connectivity index (χ4v) is 0.893. The van der Waals surface area contributed by atoms with Gasteiger partial charge in [0.2, 0.25) is 5.89 Å². The van der Waals surface area contributed by atoms with Gasteiger partial charge in [0.1, 0.15) is 6.26 Å². The molecule has 0 radical (unpaired) electrons. The monoisotopic (exact) mass is 180 g/mol. The molecule has 1 atom stereocenters. The highest BCUT2D eigenvalue weighted by Crippen LogP contribution is 2.23. The summed E-state index contributed by atoms with van der Waals surface area (Å²) in [5.74, 6) is -0.0128. The van der Waals surface area contributed by atoms with Crippen molar-refractivity contribution in [3.8, 4) is 0 Å². The summed E-state index contributed by atoms with van der Waals surface area (Å²) >= 11 is 0. The zero-order chi connectivity index (χ0) is 9.26. The third-order valence-electron chi connectivity index (χ3n) is 1.56. The summed E-state index contributed by atoms with van der Waals surface area (Å²) in [5, 5.41) is 0. The smallest absolute Gasteiger partial charge is 0.360 e. The summed E-state index contributed by atoms with van der Waals surface area (Å²) in [5.41, 5.74) is 0.201. The van der Waals surface area contributed by atoms with Gasteiger partial charge in [0, 0.05) is 6.21 Å². The second-order valence-electron chi connectivity index (χ2n) is 2.53. The second-order valence-corrected chi connectivity index (χ2v) is 2.53. The lowest BCUT2D eigenvalue weighted by molar-refractivity contribution is 0.0519. The first-order valence-corrected chi connectivity index (χ1v) is 3.97. The van der Waals surface area contributed by atoms with Crippen LogP contribution in [0.15, 0.2) is 15.7 Å². The van der Waals surface area contributed by atoms with Crippen LogP contribution in [-0.4, -0.2) is 23.8 Å². The average molecular weight is 180 g/mol. The van der Waals surface area contributed by atoms with Gasteiger partial charge in [0.05, 0.1) is 6.61 Å². The van der Waals surface area contributed by atoms with Crippen molar-refractivity contribution in [1.29, 1.82) is 0 Å². The first-order valence-electron chi connectivity index (χ1n) is 3.97. The summed E-state index contributed by atoms with van der Waals surface area (Å²) in [6.45, 7) is 2.07. The van der Waals surface area contributed by atoms with Gasteiger partial charge in [-0.25, -0.2) is 9.78 Å². The van der Waals surface area contributed by atoms with Crippen molar-refractivity contribution < 1.29 is 13.9 Å². The molecule has 0 fully saturated rings. The maximum absolute atomic E-state index is 11.1. The fraction of sp³-hybridized carbons (Fsp3) is 0.375. The lowest BCUT2D eigenvalue weighted by Crippen LogP contribution is -2.04. The van der Waals surface area contributed by atoms with Gasteiger partial charge in [0.25, 0.3) is 0 Å². The number of hydrogen-bond acceptors (Lipinski definition) is 5. The van der Waals surface area contributed by atoms with Gasteiger partial charge in [-0.3, -0.25) is 4.99 Å². The minimum Gasteiger partial charge on any atom is -0.461 e. The van der Waals surface area contributed by atoms with E-state index in [4.69, 9.17) is 9.15 Å². The van der Waals surface area contributed by atoms with Crippen molar-refractivity contribution in [2.45, 2.75) is 13.0 Å². The van der Waals surface area contributed by atoms with Crippen molar-refractivity contribution in [1.82, 2.24) is 4.98 Å². The highest BCUT2D eigenvalue weighted by Gasteiger charge is 2.23. The maximum atomic E-state index is 11.1. The molecule has 0 amide bonds. The molecule has 0 bridgehead atoms. The average Bonchev–Trinajstić information content (AvgIpc) is 2.84. The Kier molecular flexibility index (Phi) is 1.84. The molecule has 13 heavy (non-hydrogen) atoms. The van der Waals surface area contributed by atoms with E-state index in [0.29, 0.717) is 12.5 Å². The summed E-state index contributed by atoms with van der Waals surface area (Å²) in [6, 6.07) is -0.0665. The van der Waals surface area contributed by atoms with Crippen molar-refractivity contribution in [2.24, 2.45) is 4.99 Å². The molecule has 1 aromatic heterocycles. The quantitative estimate of drug-likeness (QED) is 0.650. The number of carbonyl (C=O) groups excluding carboxylic acids is 1. The van der Waals surface area contributed by atoms with Crippen LogP contribution in [0.25, 0.3) is 0 Å². The number of ether oxygens (including phenoxy) is 1. The van der Waals surface area contributed by atoms with Crippen molar-refractivity contribution in [3.05, 3.63) is 17.8 Å². The Morgan fingerprint density at radius 3 is 3.15 bits per heavy atom. The molecule has 0 aliphatic carbocycles. The van der Waals surface area contributed by atoms with Crippen LogP contribution in [0.4, 0.5) is 0 Å². The largest absolute Gasteiger partial charge is 0.461 e. The Labute approximate surface area is 74.4 Å². The molecule has 1 aliphatic heterocycles.